The van der Waals surface area contributed by atoms with Gasteiger partial charge in [-0.3, -0.25) is 4.79 Å². The number of fused-ring (bicyclic) bond motifs is 1. The monoisotopic (exact) mass is 494 g/mol. The summed E-state index contributed by atoms with van der Waals surface area (Å²) in [5.74, 6) is -12.4. The van der Waals surface area contributed by atoms with Gasteiger partial charge in [0.1, 0.15) is 11.1 Å². The molecule has 0 fully saturated rings. The number of amides is 1. The lowest BCUT2D eigenvalue weighted by Gasteiger charge is -2.11. The minimum absolute atomic E-state index is 0.0452. The summed E-state index contributed by atoms with van der Waals surface area (Å²) in [6.45, 7) is 4.15. The second-order valence-electron chi connectivity index (χ2n) is 7.65. The minimum atomic E-state index is -2.36. The van der Waals surface area contributed by atoms with Crippen LogP contribution in [0.1, 0.15) is 42.1 Å². The summed E-state index contributed by atoms with van der Waals surface area (Å²) in [6, 6.07) is 9.84. The van der Waals surface area contributed by atoms with Crippen LogP contribution in [0.25, 0.3) is 22.6 Å². The van der Waals surface area contributed by atoms with Gasteiger partial charge >= 0.3 is 0 Å². The van der Waals surface area contributed by atoms with E-state index in [9.17, 15) is 26.7 Å². The summed E-state index contributed by atoms with van der Waals surface area (Å²) >= 11 is 6.07. The molecule has 0 saturated carbocycles. The van der Waals surface area contributed by atoms with E-state index in [2.05, 4.69) is 24.1 Å². The Morgan fingerprint density at radius 2 is 1.65 bits per heavy atom. The van der Waals surface area contributed by atoms with Gasteiger partial charge in [-0.05, 0) is 48.2 Å². The lowest BCUT2D eigenvalue weighted by atomic mass is 9.98. The normalized spacial score (nSPS) is 12.2. The predicted molar refractivity (Wildman–Crippen MR) is 117 cm³/mol. The summed E-state index contributed by atoms with van der Waals surface area (Å²) in [7, 11) is 0. The molecular weight excluding hydrogens is 479 g/mol. The van der Waals surface area contributed by atoms with Crippen molar-refractivity contribution in [3.05, 3.63) is 81.6 Å². The van der Waals surface area contributed by atoms with E-state index in [1.54, 1.807) is 6.07 Å². The summed E-state index contributed by atoms with van der Waals surface area (Å²) in [5, 5.41) is 2.04. The minimum Gasteiger partial charge on any atom is -0.436 e. The van der Waals surface area contributed by atoms with Gasteiger partial charge in [0.2, 0.25) is 11.7 Å². The molecule has 0 aliphatic heterocycles. The fourth-order valence-corrected chi connectivity index (χ4v) is 3.52. The Hall–Kier alpha value is -3.46. The second kappa shape index (κ2) is 9.06. The number of carbonyl (C=O) groups is 1. The molecule has 176 valence electrons. The Kier molecular flexibility index (Phi) is 6.31. The van der Waals surface area contributed by atoms with Crippen LogP contribution in [0.15, 0.2) is 40.8 Å². The largest absolute Gasteiger partial charge is 0.436 e. The van der Waals surface area contributed by atoms with Gasteiger partial charge in [0, 0.05) is 5.56 Å². The van der Waals surface area contributed by atoms with Gasteiger partial charge in [-0.25, -0.2) is 26.9 Å². The lowest BCUT2D eigenvalue weighted by Crippen LogP contribution is -2.19. The molecule has 1 aromatic heterocycles. The average Bonchev–Trinajstić information content (AvgIpc) is 3.26. The first kappa shape index (κ1) is 23.7. The van der Waals surface area contributed by atoms with Crippen LogP contribution in [0, 0.1) is 29.1 Å². The third-order valence-corrected chi connectivity index (χ3v) is 5.82. The maximum atomic E-state index is 14.0. The first-order valence-electron chi connectivity index (χ1n) is 10.2. The molecule has 4 aromatic rings. The SMILES string of the molecule is CCC(C)c1ccc2oc(-c3ccc(Cl)c(NC(=O)c4c(F)c(F)c(F)c(F)c4F)c3)nc2c1. The van der Waals surface area contributed by atoms with Gasteiger partial charge in [0.25, 0.3) is 5.91 Å². The van der Waals surface area contributed by atoms with E-state index in [0.717, 1.165) is 12.0 Å². The van der Waals surface area contributed by atoms with E-state index >= 15 is 0 Å². The summed E-state index contributed by atoms with van der Waals surface area (Å²) in [5.41, 5.74) is 0.798. The van der Waals surface area contributed by atoms with E-state index in [1.165, 1.54) is 18.2 Å². The molecule has 34 heavy (non-hydrogen) atoms. The van der Waals surface area contributed by atoms with Crippen LogP contribution in [0.3, 0.4) is 0 Å². The Morgan fingerprint density at radius 1 is 1.00 bits per heavy atom. The van der Waals surface area contributed by atoms with Crippen LogP contribution in [0.5, 0.6) is 0 Å². The van der Waals surface area contributed by atoms with Crippen LogP contribution >= 0.6 is 11.6 Å². The molecule has 4 nitrogen and oxygen atoms in total. The third kappa shape index (κ3) is 4.11. The summed E-state index contributed by atoms with van der Waals surface area (Å²) < 4.78 is 74.0. The second-order valence-corrected chi connectivity index (χ2v) is 8.06. The fraction of sp³-hybridized carbons (Fsp3) is 0.167. The predicted octanol–water partition coefficient (Wildman–Crippen LogP) is 7.61. The van der Waals surface area contributed by atoms with Crippen molar-refractivity contribution in [3.63, 3.8) is 0 Å². The molecule has 0 spiro atoms. The molecule has 0 aliphatic rings. The summed E-state index contributed by atoms with van der Waals surface area (Å²) in [6.07, 6.45) is 0.944. The van der Waals surface area contributed by atoms with Gasteiger partial charge < -0.3 is 9.73 Å². The molecule has 0 radical (unpaired) electrons. The maximum absolute atomic E-state index is 14.0. The van der Waals surface area contributed by atoms with Crippen molar-refractivity contribution in [2.45, 2.75) is 26.2 Å². The Balaban J connectivity index is 1.69. The van der Waals surface area contributed by atoms with Crippen LogP contribution in [-0.2, 0) is 0 Å². The van der Waals surface area contributed by atoms with Crippen molar-refractivity contribution >= 4 is 34.3 Å². The number of oxazole rings is 1. The standard InChI is InChI=1S/C24H16ClF5N2O2/c1-3-10(2)11-5-7-16-15(8-11)32-24(34-16)12-4-6-13(25)14(9-12)31-23(33)17-18(26)20(28)22(30)21(29)19(17)27/h4-10H,3H2,1-2H3,(H,31,33). The zero-order valence-corrected chi connectivity index (χ0v) is 18.5. The zero-order chi connectivity index (χ0) is 24.7. The van der Waals surface area contributed by atoms with Crippen LogP contribution in [-0.4, -0.2) is 10.9 Å². The van der Waals surface area contributed by atoms with Crippen LogP contribution in [0.4, 0.5) is 27.6 Å². The number of benzene rings is 3. The molecule has 0 aliphatic carbocycles. The average molecular weight is 495 g/mol. The highest BCUT2D eigenvalue weighted by molar-refractivity contribution is 6.34. The lowest BCUT2D eigenvalue weighted by molar-refractivity contribution is 0.101. The van der Waals surface area contributed by atoms with Crippen molar-refractivity contribution in [2.75, 3.05) is 5.32 Å². The molecule has 0 saturated heterocycles. The van der Waals surface area contributed by atoms with E-state index in [-0.39, 0.29) is 16.6 Å². The number of aromatic nitrogens is 1. The highest BCUT2D eigenvalue weighted by Crippen LogP contribution is 2.32. The Labute approximate surface area is 195 Å². The molecule has 0 bridgehead atoms. The third-order valence-electron chi connectivity index (χ3n) is 5.49. The Bertz CT molecular complexity index is 1410. The van der Waals surface area contributed by atoms with Crippen molar-refractivity contribution in [1.82, 2.24) is 4.98 Å². The number of nitrogens with zero attached hydrogens (tertiary/aromatic N) is 1. The van der Waals surface area contributed by atoms with Gasteiger partial charge in [-0.2, -0.15) is 0 Å². The van der Waals surface area contributed by atoms with Crippen molar-refractivity contribution < 1.29 is 31.2 Å². The molecular formula is C24H16ClF5N2O2. The first-order chi connectivity index (χ1) is 16.1. The zero-order valence-electron chi connectivity index (χ0n) is 17.8. The number of halogens is 6. The molecule has 1 unspecified atom stereocenters. The molecule has 1 N–H and O–H groups in total. The molecule has 1 amide bonds. The quantitative estimate of drug-likeness (QED) is 0.176. The highest BCUT2D eigenvalue weighted by atomic mass is 35.5. The number of rotatable bonds is 5. The topological polar surface area (TPSA) is 55.1 Å². The number of hydrogen-bond donors (Lipinski definition) is 1. The fourth-order valence-electron chi connectivity index (χ4n) is 3.35. The van der Waals surface area contributed by atoms with Crippen LogP contribution < -0.4 is 5.32 Å². The molecule has 10 heteroatoms. The smallest absolute Gasteiger partial charge is 0.261 e. The van der Waals surface area contributed by atoms with Gasteiger partial charge in [0.05, 0.1) is 10.7 Å². The van der Waals surface area contributed by atoms with Gasteiger partial charge in [0.15, 0.2) is 28.9 Å². The van der Waals surface area contributed by atoms with Crippen molar-refractivity contribution in [3.8, 4) is 11.5 Å². The van der Waals surface area contributed by atoms with Gasteiger partial charge in [-0.15, -0.1) is 0 Å². The van der Waals surface area contributed by atoms with E-state index in [4.69, 9.17) is 16.0 Å². The van der Waals surface area contributed by atoms with Crippen molar-refractivity contribution in [2.24, 2.45) is 0 Å². The number of nitrogens with one attached hydrogen (secondary N) is 1. The maximum Gasteiger partial charge on any atom is 0.261 e. The number of anilines is 1. The Morgan fingerprint density at radius 3 is 2.29 bits per heavy atom. The van der Waals surface area contributed by atoms with Crippen LogP contribution in [0.2, 0.25) is 5.02 Å². The number of carbonyl (C=O) groups excluding carboxylic acids is 1. The van der Waals surface area contributed by atoms with Gasteiger partial charge in [-0.1, -0.05) is 31.5 Å². The summed E-state index contributed by atoms with van der Waals surface area (Å²) in [4.78, 5) is 16.8. The molecule has 1 atom stereocenters. The number of hydrogen-bond acceptors (Lipinski definition) is 3. The molecule has 3 aromatic carbocycles. The first-order valence-corrected chi connectivity index (χ1v) is 10.5. The van der Waals surface area contributed by atoms with E-state index in [1.807, 2.05) is 12.1 Å². The highest BCUT2D eigenvalue weighted by Gasteiger charge is 2.30. The van der Waals surface area contributed by atoms with Crippen molar-refractivity contribution in [1.29, 1.82) is 0 Å². The molecule has 4 rings (SSSR count). The molecule has 1 heterocycles. The van der Waals surface area contributed by atoms with E-state index < -0.39 is 40.6 Å². The van der Waals surface area contributed by atoms with E-state index in [0.29, 0.717) is 22.6 Å².